The molecule has 0 heterocycles. The summed E-state index contributed by atoms with van der Waals surface area (Å²) in [6, 6.07) is 0. The molecule has 0 N–H and O–H groups in total. The third-order valence-electron chi connectivity index (χ3n) is 7.58. The van der Waals surface area contributed by atoms with Crippen LogP contribution in [0.15, 0.2) is 0 Å². The molecule has 0 aliphatic carbocycles. The molecule has 0 aliphatic rings. The number of rotatable bonds is 32. The highest BCUT2D eigenvalue weighted by Crippen LogP contribution is 2.20. The van der Waals surface area contributed by atoms with Crippen LogP contribution >= 0.6 is 0 Å². The molecule has 0 fully saturated rings. The van der Waals surface area contributed by atoms with Crippen LogP contribution in [0.2, 0.25) is 0 Å². The molecule has 39 heavy (non-hydrogen) atoms. The van der Waals surface area contributed by atoms with E-state index in [0.29, 0.717) is 19.8 Å². The summed E-state index contributed by atoms with van der Waals surface area (Å²) < 4.78 is 46.9. The molecule has 2 atom stereocenters. The SMILES string of the molecule is CCC(COCCCCCCCCCCCCOC)C(OCCCCCCCCCCCCOC)S(C)(=O)=O. The standard InChI is InChI=1S/C32H66O6S/c1-5-31(30-37-28-24-20-16-12-8-6-10-14-18-22-26-35-2)32(39(4,33)34)38-29-25-21-17-13-9-7-11-15-19-23-27-36-3/h31-32H,5-30H2,1-4H3. The summed E-state index contributed by atoms with van der Waals surface area (Å²) in [6.45, 7) is 5.49. The summed E-state index contributed by atoms with van der Waals surface area (Å²) in [5.74, 6) is -0.104. The molecule has 0 spiro atoms. The maximum absolute atomic E-state index is 12.4. The van der Waals surface area contributed by atoms with Crippen molar-refractivity contribution >= 4 is 9.84 Å². The van der Waals surface area contributed by atoms with Gasteiger partial charge in [0.2, 0.25) is 0 Å². The van der Waals surface area contributed by atoms with Gasteiger partial charge in [0.1, 0.15) is 0 Å². The Labute approximate surface area is 243 Å². The van der Waals surface area contributed by atoms with Crippen LogP contribution < -0.4 is 0 Å². The molecule has 0 saturated carbocycles. The lowest BCUT2D eigenvalue weighted by molar-refractivity contribution is 0.0141. The Balaban J connectivity index is 3.83. The number of ether oxygens (including phenoxy) is 4. The zero-order valence-corrected chi connectivity index (χ0v) is 27.2. The lowest BCUT2D eigenvalue weighted by Crippen LogP contribution is -2.35. The molecule has 0 aromatic rings. The van der Waals surface area contributed by atoms with Crippen molar-refractivity contribution in [3.8, 4) is 0 Å². The fourth-order valence-electron chi connectivity index (χ4n) is 5.06. The second kappa shape index (κ2) is 29.3. The van der Waals surface area contributed by atoms with Crippen LogP contribution in [-0.4, -0.2) is 67.4 Å². The summed E-state index contributed by atoms with van der Waals surface area (Å²) in [4.78, 5) is 0. The number of methoxy groups -OCH3 is 2. The van der Waals surface area contributed by atoms with Gasteiger partial charge in [0.05, 0.1) is 6.61 Å². The van der Waals surface area contributed by atoms with Gasteiger partial charge in [0.25, 0.3) is 0 Å². The van der Waals surface area contributed by atoms with Gasteiger partial charge in [-0.05, 0) is 32.1 Å². The molecular weight excluding hydrogens is 512 g/mol. The van der Waals surface area contributed by atoms with E-state index >= 15 is 0 Å². The first kappa shape index (κ1) is 38.8. The number of unbranched alkanes of at least 4 members (excludes halogenated alkanes) is 18. The van der Waals surface area contributed by atoms with Crippen molar-refractivity contribution in [2.75, 3.05) is 53.5 Å². The van der Waals surface area contributed by atoms with Crippen LogP contribution in [0.4, 0.5) is 0 Å². The Hall–Kier alpha value is -0.210. The van der Waals surface area contributed by atoms with Gasteiger partial charge in [-0.3, -0.25) is 0 Å². The molecule has 0 saturated heterocycles. The fraction of sp³-hybridized carbons (Fsp3) is 1.00. The van der Waals surface area contributed by atoms with Gasteiger partial charge in [-0.1, -0.05) is 110 Å². The van der Waals surface area contributed by atoms with Crippen molar-refractivity contribution in [2.45, 2.75) is 147 Å². The van der Waals surface area contributed by atoms with E-state index in [1.54, 1.807) is 14.2 Å². The maximum atomic E-state index is 12.4. The molecule has 236 valence electrons. The van der Waals surface area contributed by atoms with Crippen LogP contribution in [0, 0.1) is 5.92 Å². The first-order valence-corrected chi connectivity index (χ1v) is 18.3. The van der Waals surface area contributed by atoms with Gasteiger partial charge in [0, 0.05) is 52.8 Å². The lowest BCUT2D eigenvalue weighted by atomic mass is 10.1. The minimum Gasteiger partial charge on any atom is -0.385 e. The van der Waals surface area contributed by atoms with Crippen molar-refractivity contribution in [2.24, 2.45) is 5.92 Å². The Morgan fingerprint density at radius 3 is 1.18 bits per heavy atom. The van der Waals surface area contributed by atoms with Crippen molar-refractivity contribution in [1.29, 1.82) is 0 Å². The highest BCUT2D eigenvalue weighted by molar-refractivity contribution is 7.91. The average Bonchev–Trinajstić information content (AvgIpc) is 2.91. The van der Waals surface area contributed by atoms with Crippen LogP contribution in [0.1, 0.15) is 142 Å². The molecule has 2 unspecified atom stereocenters. The smallest absolute Gasteiger partial charge is 0.174 e. The largest absolute Gasteiger partial charge is 0.385 e. The summed E-state index contributed by atoms with van der Waals surface area (Å²) in [6.07, 6.45) is 26.8. The van der Waals surface area contributed by atoms with Crippen LogP contribution in [-0.2, 0) is 28.8 Å². The topological polar surface area (TPSA) is 71.1 Å². The molecule has 0 aromatic heterocycles. The average molecular weight is 579 g/mol. The normalized spacial score (nSPS) is 13.6. The van der Waals surface area contributed by atoms with E-state index in [1.807, 2.05) is 6.92 Å². The zero-order chi connectivity index (χ0) is 28.9. The van der Waals surface area contributed by atoms with Crippen LogP contribution in [0.25, 0.3) is 0 Å². The maximum Gasteiger partial charge on any atom is 0.174 e. The van der Waals surface area contributed by atoms with E-state index in [9.17, 15) is 8.42 Å². The van der Waals surface area contributed by atoms with Gasteiger partial charge in [-0.2, -0.15) is 0 Å². The monoisotopic (exact) mass is 578 g/mol. The van der Waals surface area contributed by atoms with Gasteiger partial charge in [-0.25, -0.2) is 8.42 Å². The molecule has 0 aromatic carbocycles. The summed E-state index contributed by atoms with van der Waals surface area (Å²) in [7, 11) is 0.260. The van der Waals surface area contributed by atoms with Crippen LogP contribution in [0.3, 0.4) is 0 Å². The lowest BCUT2D eigenvalue weighted by Gasteiger charge is -2.25. The quantitative estimate of drug-likeness (QED) is 0.0745. The molecule has 7 heteroatoms. The van der Waals surface area contributed by atoms with Gasteiger partial charge in [-0.15, -0.1) is 0 Å². The zero-order valence-electron chi connectivity index (χ0n) is 26.4. The second-order valence-corrected chi connectivity index (χ2v) is 13.5. The van der Waals surface area contributed by atoms with E-state index in [2.05, 4.69) is 0 Å². The summed E-state index contributed by atoms with van der Waals surface area (Å²) in [5, 5.41) is 0. The van der Waals surface area contributed by atoms with E-state index < -0.39 is 15.3 Å². The van der Waals surface area contributed by atoms with Crippen molar-refractivity contribution in [3.63, 3.8) is 0 Å². The van der Waals surface area contributed by atoms with E-state index in [4.69, 9.17) is 18.9 Å². The van der Waals surface area contributed by atoms with E-state index in [0.717, 1.165) is 38.9 Å². The van der Waals surface area contributed by atoms with Gasteiger partial charge >= 0.3 is 0 Å². The number of hydrogen-bond acceptors (Lipinski definition) is 6. The summed E-state index contributed by atoms with van der Waals surface area (Å²) >= 11 is 0. The third kappa shape index (κ3) is 26.4. The third-order valence-corrected chi connectivity index (χ3v) is 8.94. The molecule has 0 amide bonds. The van der Waals surface area contributed by atoms with Crippen molar-refractivity contribution in [1.82, 2.24) is 0 Å². The molecule has 0 aliphatic heterocycles. The minimum absolute atomic E-state index is 0.104. The summed E-state index contributed by atoms with van der Waals surface area (Å²) in [5.41, 5.74) is -0.755. The Morgan fingerprint density at radius 2 is 0.846 bits per heavy atom. The molecule has 0 bridgehead atoms. The predicted octanol–water partition coefficient (Wildman–Crippen LogP) is 8.51. The molecular formula is C32H66O6S. The molecule has 6 nitrogen and oxygen atoms in total. The van der Waals surface area contributed by atoms with Gasteiger partial charge < -0.3 is 18.9 Å². The van der Waals surface area contributed by atoms with E-state index in [1.165, 1.54) is 115 Å². The van der Waals surface area contributed by atoms with E-state index in [-0.39, 0.29) is 5.92 Å². The molecule has 0 radical (unpaired) electrons. The highest BCUT2D eigenvalue weighted by atomic mass is 32.2. The highest BCUT2D eigenvalue weighted by Gasteiger charge is 2.30. The molecule has 0 rings (SSSR count). The Bertz CT molecular complexity index is 583. The fourth-order valence-corrected chi connectivity index (χ4v) is 6.37. The van der Waals surface area contributed by atoms with Crippen molar-refractivity contribution < 1.29 is 27.4 Å². The Kier molecular flexibility index (Phi) is 29.1. The van der Waals surface area contributed by atoms with Crippen LogP contribution in [0.5, 0.6) is 0 Å². The second-order valence-electron chi connectivity index (χ2n) is 11.4. The number of sulfone groups is 1. The Morgan fingerprint density at radius 1 is 0.513 bits per heavy atom. The first-order chi connectivity index (χ1) is 19.0. The predicted molar refractivity (Wildman–Crippen MR) is 165 cm³/mol. The van der Waals surface area contributed by atoms with Gasteiger partial charge in [0.15, 0.2) is 15.3 Å². The van der Waals surface area contributed by atoms with Crippen molar-refractivity contribution in [3.05, 3.63) is 0 Å². The first-order valence-electron chi connectivity index (χ1n) is 16.3. The minimum atomic E-state index is -3.28. The number of hydrogen-bond donors (Lipinski definition) is 0.